The summed E-state index contributed by atoms with van der Waals surface area (Å²) in [5.41, 5.74) is 4.00. The third-order valence-corrected chi connectivity index (χ3v) is 3.86. The second kappa shape index (κ2) is 5.59. The van der Waals surface area contributed by atoms with E-state index >= 15 is 0 Å². The van der Waals surface area contributed by atoms with Crippen molar-refractivity contribution < 1.29 is 5.11 Å². The third kappa shape index (κ3) is 2.57. The highest BCUT2D eigenvalue weighted by Gasteiger charge is 2.14. The van der Waals surface area contributed by atoms with Crippen molar-refractivity contribution in [3.05, 3.63) is 42.1 Å². The van der Waals surface area contributed by atoms with Crippen molar-refractivity contribution in [3.63, 3.8) is 0 Å². The van der Waals surface area contributed by atoms with Crippen molar-refractivity contribution >= 4 is 16.5 Å². The van der Waals surface area contributed by atoms with Crippen molar-refractivity contribution in [3.8, 4) is 0 Å². The van der Waals surface area contributed by atoms with Crippen molar-refractivity contribution in [1.82, 2.24) is 9.88 Å². The van der Waals surface area contributed by atoms with E-state index in [1.54, 1.807) is 0 Å². The predicted octanol–water partition coefficient (Wildman–Crippen LogP) is 2.64. The first-order valence-corrected chi connectivity index (χ1v) is 6.97. The van der Waals surface area contributed by atoms with Crippen LogP contribution in [-0.2, 0) is 0 Å². The molecule has 19 heavy (non-hydrogen) atoms. The first kappa shape index (κ1) is 12.5. The number of aliphatic hydroxyl groups is 1. The van der Waals surface area contributed by atoms with Crippen LogP contribution in [-0.4, -0.2) is 41.2 Å². The van der Waals surface area contributed by atoms with Gasteiger partial charge in [0, 0.05) is 48.9 Å². The lowest BCUT2D eigenvalue weighted by Gasteiger charge is -2.25. The average Bonchev–Trinajstić information content (AvgIpc) is 2.90. The number of hydrogen-bond acceptors (Lipinski definition) is 2. The quantitative estimate of drug-likeness (QED) is 0.882. The number of aromatic nitrogens is 1. The molecule has 0 unspecified atom stereocenters. The van der Waals surface area contributed by atoms with Crippen LogP contribution in [0.25, 0.3) is 16.5 Å². The maximum absolute atomic E-state index is 8.87. The monoisotopic (exact) mass is 256 g/mol. The molecule has 100 valence electrons. The number of aromatic amines is 1. The SMILES string of the molecule is OCCCN1CC=C(c2c[nH]c3ccccc23)CC1. The first-order valence-electron chi connectivity index (χ1n) is 6.97. The Balaban J connectivity index is 1.78. The van der Waals surface area contributed by atoms with Gasteiger partial charge in [0.05, 0.1) is 0 Å². The van der Waals surface area contributed by atoms with Gasteiger partial charge >= 0.3 is 0 Å². The Hall–Kier alpha value is -1.58. The summed E-state index contributed by atoms with van der Waals surface area (Å²) >= 11 is 0. The summed E-state index contributed by atoms with van der Waals surface area (Å²) in [6, 6.07) is 8.46. The van der Waals surface area contributed by atoms with E-state index in [1.807, 2.05) is 0 Å². The fourth-order valence-electron chi connectivity index (χ4n) is 2.79. The predicted molar refractivity (Wildman–Crippen MR) is 79.0 cm³/mol. The number of fused-ring (bicyclic) bond motifs is 1. The van der Waals surface area contributed by atoms with Gasteiger partial charge < -0.3 is 10.1 Å². The van der Waals surface area contributed by atoms with E-state index in [-0.39, 0.29) is 6.61 Å². The molecule has 1 aliphatic heterocycles. The number of nitrogens with one attached hydrogen (secondary N) is 1. The molecule has 2 aromatic rings. The highest BCUT2D eigenvalue weighted by Crippen LogP contribution is 2.28. The molecule has 0 atom stereocenters. The summed E-state index contributed by atoms with van der Waals surface area (Å²) in [5, 5.41) is 10.2. The molecular weight excluding hydrogens is 236 g/mol. The lowest BCUT2D eigenvalue weighted by Crippen LogP contribution is -2.29. The topological polar surface area (TPSA) is 39.3 Å². The van der Waals surface area contributed by atoms with Gasteiger partial charge in [-0.05, 0) is 24.5 Å². The van der Waals surface area contributed by atoms with Crippen molar-refractivity contribution in [2.75, 3.05) is 26.2 Å². The van der Waals surface area contributed by atoms with Crippen molar-refractivity contribution in [2.45, 2.75) is 12.8 Å². The zero-order chi connectivity index (χ0) is 13.1. The van der Waals surface area contributed by atoms with Crippen LogP contribution in [0.4, 0.5) is 0 Å². The Kier molecular flexibility index (Phi) is 3.67. The Morgan fingerprint density at radius 3 is 2.95 bits per heavy atom. The van der Waals surface area contributed by atoms with Crippen LogP contribution < -0.4 is 0 Å². The molecule has 0 saturated heterocycles. The van der Waals surface area contributed by atoms with Gasteiger partial charge in [0.15, 0.2) is 0 Å². The Labute approximate surface area is 113 Å². The van der Waals surface area contributed by atoms with E-state index in [4.69, 9.17) is 5.11 Å². The minimum Gasteiger partial charge on any atom is -0.396 e. The molecule has 0 radical (unpaired) electrons. The van der Waals surface area contributed by atoms with E-state index in [0.717, 1.165) is 32.5 Å². The van der Waals surface area contributed by atoms with Crippen LogP contribution in [0.3, 0.4) is 0 Å². The molecule has 0 aliphatic carbocycles. The molecule has 0 amide bonds. The molecule has 2 N–H and O–H groups in total. The van der Waals surface area contributed by atoms with E-state index in [9.17, 15) is 0 Å². The molecule has 3 heteroatoms. The molecular formula is C16H20N2O. The van der Waals surface area contributed by atoms with Crippen LogP contribution in [0.5, 0.6) is 0 Å². The minimum atomic E-state index is 0.287. The highest BCUT2D eigenvalue weighted by molar-refractivity contribution is 5.92. The standard InChI is InChI=1S/C16H20N2O/c19-11-3-8-18-9-6-13(7-10-18)15-12-17-16-5-2-1-4-14(15)16/h1-2,4-6,12,17,19H,3,7-11H2. The summed E-state index contributed by atoms with van der Waals surface area (Å²) in [4.78, 5) is 5.74. The van der Waals surface area contributed by atoms with Gasteiger partial charge in [-0.25, -0.2) is 0 Å². The smallest absolute Gasteiger partial charge is 0.0460 e. The van der Waals surface area contributed by atoms with Crippen LogP contribution >= 0.6 is 0 Å². The molecule has 1 aliphatic rings. The Morgan fingerprint density at radius 1 is 1.26 bits per heavy atom. The number of aliphatic hydroxyl groups excluding tert-OH is 1. The van der Waals surface area contributed by atoms with E-state index in [2.05, 4.69) is 46.4 Å². The van der Waals surface area contributed by atoms with Gasteiger partial charge in [-0.1, -0.05) is 24.3 Å². The summed E-state index contributed by atoms with van der Waals surface area (Å²) in [6.45, 7) is 3.36. The molecule has 2 heterocycles. The maximum Gasteiger partial charge on any atom is 0.0460 e. The summed E-state index contributed by atoms with van der Waals surface area (Å²) < 4.78 is 0. The van der Waals surface area contributed by atoms with Crippen LogP contribution in [0.15, 0.2) is 36.5 Å². The van der Waals surface area contributed by atoms with E-state index in [0.29, 0.717) is 0 Å². The number of nitrogens with zero attached hydrogens (tertiary/aromatic N) is 1. The summed E-state index contributed by atoms with van der Waals surface area (Å²) in [6.07, 6.45) is 6.42. The normalized spacial score (nSPS) is 16.8. The number of hydrogen-bond donors (Lipinski definition) is 2. The van der Waals surface area contributed by atoms with Gasteiger partial charge in [-0.2, -0.15) is 0 Å². The van der Waals surface area contributed by atoms with Crippen molar-refractivity contribution in [1.29, 1.82) is 0 Å². The van der Waals surface area contributed by atoms with Gasteiger partial charge in [-0.15, -0.1) is 0 Å². The number of H-pyrrole nitrogens is 1. The van der Waals surface area contributed by atoms with Gasteiger partial charge in [0.25, 0.3) is 0 Å². The molecule has 3 nitrogen and oxygen atoms in total. The lowest BCUT2D eigenvalue weighted by molar-refractivity contribution is 0.236. The maximum atomic E-state index is 8.87. The molecule has 0 bridgehead atoms. The first-order chi connectivity index (χ1) is 9.38. The number of para-hydroxylation sites is 1. The van der Waals surface area contributed by atoms with Crippen LogP contribution in [0.1, 0.15) is 18.4 Å². The molecule has 1 aromatic heterocycles. The second-order valence-corrected chi connectivity index (χ2v) is 5.11. The van der Waals surface area contributed by atoms with Crippen molar-refractivity contribution in [2.24, 2.45) is 0 Å². The summed E-state index contributed by atoms with van der Waals surface area (Å²) in [7, 11) is 0. The van der Waals surface area contributed by atoms with E-state index < -0.39 is 0 Å². The zero-order valence-corrected chi connectivity index (χ0v) is 11.1. The lowest BCUT2D eigenvalue weighted by atomic mass is 9.99. The fourth-order valence-corrected chi connectivity index (χ4v) is 2.79. The van der Waals surface area contributed by atoms with Crippen LogP contribution in [0.2, 0.25) is 0 Å². The molecule has 0 fully saturated rings. The molecule has 0 saturated carbocycles. The number of rotatable bonds is 4. The van der Waals surface area contributed by atoms with Crippen LogP contribution in [0, 0.1) is 0 Å². The Morgan fingerprint density at radius 2 is 2.16 bits per heavy atom. The zero-order valence-electron chi connectivity index (χ0n) is 11.1. The second-order valence-electron chi connectivity index (χ2n) is 5.11. The highest BCUT2D eigenvalue weighted by atomic mass is 16.3. The molecule has 3 rings (SSSR count). The largest absolute Gasteiger partial charge is 0.396 e. The van der Waals surface area contributed by atoms with Gasteiger partial charge in [0.2, 0.25) is 0 Å². The average molecular weight is 256 g/mol. The van der Waals surface area contributed by atoms with E-state index in [1.165, 1.54) is 22.0 Å². The van der Waals surface area contributed by atoms with Gasteiger partial charge in [-0.3, -0.25) is 4.90 Å². The van der Waals surface area contributed by atoms with Gasteiger partial charge in [0.1, 0.15) is 0 Å². The summed E-state index contributed by atoms with van der Waals surface area (Å²) in [5.74, 6) is 0. The number of benzene rings is 1. The fraction of sp³-hybridized carbons (Fsp3) is 0.375. The minimum absolute atomic E-state index is 0.287. The molecule has 1 aromatic carbocycles. The third-order valence-electron chi connectivity index (χ3n) is 3.86. The molecule has 0 spiro atoms. The Bertz CT molecular complexity index is 585.